The van der Waals surface area contributed by atoms with Gasteiger partial charge in [0.2, 0.25) is 0 Å². The SMILES string of the molecule is Cl.N[C@@]1(C(=O)O)CC1CNC(=O)OCc1ccccc1. The van der Waals surface area contributed by atoms with Crippen molar-refractivity contribution in [2.24, 2.45) is 11.7 Å². The number of nitrogens with one attached hydrogen (secondary N) is 1. The van der Waals surface area contributed by atoms with Gasteiger partial charge in [-0.1, -0.05) is 30.3 Å². The molecule has 1 fully saturated rings. The van der Waals surface area contributed by atoms with Crippen molar-refractivity contribution in [3.05, 3.63) is 35.9 Å². The normalized spacial score (nSPS) is 23.4. The lowest BCUT2D eigenvalue weighted by atomic mass is 10.2. The number of nitrogens with two attached hydrogens (primary N) is 1. The van der Waals surface area contributed by atoms with Crippen molar-refractivity contribution < 1.29 is 19.4 Å². The fourth-order valence-corrected chi connectivity index (χ4v) is 1.85. The van der Waals surface area contributed by atoms with Gasteiger partial charge in [-0.3, -0.25) is 4.79 Å². The first-order chi connectivity index (χ1) is 9.02. The van der Waals surface area contributed by atoms with Gasteiger partial charge in [0, 0.05) is 12.5 Å². The third-order valence-corrected chi connectivity index (χ3v) is 3.26. The highest BCUT2D eigenvalue weighted by Crippen LogP contribution is 2.40. The molecule has 1 aliphatic rings. The summed E-state index contributed by atoms with van der Waals surface area (Å²) in [5.41, 5.74) is 5.30. The first-order valence-corrected chi connectivity index (χ1v) is 5.99. The molecule has 110 valence electrons. The van der Waals surface area contributed by atoms with Crippen LogP contribution in [0.25, 0.3) is 0 Å². The lowest BCUT2D eigenvalue weighted by Crippen LogP contribution is -2.38. The second-order valence-corrected chi connectivity index (χ2v) is 4.69. The number of hydrogen-bond donors (Lipinski definition) is 3. The summed E-state index contributed by atoms with van der Waals surface area (Å²) in [6, 6.07) is 9.29. The predicted molar refractivity (Wildman–Crippen MR) is 74.5 cm³/mol. The number of amides is 1. The van der Waals surface area contributed by atoms with E-state index < -0.39 is 17.6 Å². The van der Waals surface area contributed by atoms with Crippen molar-refractivity contribution in [2.45, 2.75) is 18.6 Å². The number of benzene rings is 1. The number of rotatable bonds is 5. The molecule has 0 saturated heterocycles. The van der Waals surface area contributed by atoms with E-state index in [4.69, 9.17) is 15.6 Å². The number of hydrogen-bond acceptors (Lipinski definition) is 4. The van der Waals surface area contributed by atoms with Gasteiger partial charge < -0.3 is 20.9 Å². The molecule has 0 bridgehead atoms. The smallest absolute Gasteiger partial charge is 0.407 e. The summed E-state index contributed by atoms with van der Waals surface area (Å²) in [7, 11) is 0. The quantitative estimate of drug-likeness (QED) is 0.757. The zero-order chi connectivity index (χ0) is 13.9. The molecule has 1 saturated carbocycles. The van der Waals surface area contributed by atoms with Gasteiger partial charge >= 0.3 is 12.1 Å². The molecule has 1 aromatic carbocycles. The zero-order valence-corrected chi connectivity index (χ0v) is 11.6. The van der Waals surface area contributed by atoms with E-state index in [1.54, 1.807) is 0 Å². The van der Waals surface area contributed by atoms with Crippen molar-refractivity contribution in [2.75, 3.05) is 6.54 Å². The number of carboxylic acids is 1. The predicted octanol–water partition coefficient (Wildman–Crippen LogP) is 1.14. The average Bonchev–Trinajstić information content (AvgIpc) is 3.08. The highest BCUT2D eigenvalue weighted by molar-refractivity contribution is 5.85. The van der Waals surface area contributed by atoms with Crippen LogP contribution in [-0.4, -0.2) is 29.3 Å². The van der Waals surface area contributed by atoms with Gasteiger partial charge in [-0.05, 0) is 12.0 Å². The Morgan fingerprint density at radius 3 is 2.60 bits per heavy atom. The first kappa shape index (κ1) is 16.3. The van der Waals surface area contributed by atoms with Crippen molar-refractivity contribution in [1.82, 2.24) is 5.32 Å². The number of ether oxygens (including phenoxy) is 1. The summed E-state index contributed by atoms with van der Waals surface area (Å²) < 4.78 is 5.00. The van der Waals surface area contributed by atoms with Crippen molar-refractivity contribution in [1.29, 1.82) is 0 Å². The van der Waals surface area contributed by atoms with E-state index in [9.17, 15) is 9.59 Å². The van der Waals surface area contributed by atoms with Crippen molar-refractivity contribution >= 4 is 24.5 Å². The first-order valence-electron chi connectivity index (χ1n) is 5.99. The van der Waals surface area contributed by atoms with E-state index in [0.29, 0.717) is 6.42 Å². The second kappa shape index (κ2) is 6.58. The molecule has 0 aliphatic heterocycles. The van der Waals surface area contributed by atoms with Crippen LogP contribution in [0.3, 0.4) is 0 Å². The number of carboxylic acid groups (broad SMARTS) is 1. The summed E-state index contributed by atoms with van der Waals surface area (Å²) in [4.78, 5) is 22.2. The lowest BCUT2D eigenvalue weighted by Gasteiger charge is -2.08. The van der Waals surface area contributed by atoms with Gasteiger partial charge in [0.15, 0.2) is 0 Å². The number of aliphatic carboxylic acids is 1. The molecule has 20 heavy (non-hydrogen) atoms. The van der Waals surface area contributed by atoms with Gasteiger partial charge in [-0.2, -0.15) is 0 Å². The van der Waals surface area contributed by atoms with Crippen molar-refractivity contribution in [3.8, 4) is 0 Å². The van der Waals surface area contributed by atoms with Crippen LogP contribution in [0.2, 0.25) is 0 Å². The Balaban J connectivity index is 0.00000200. The Hall–Kier alpha value is -1.79. The zero-order valence-electron chi connectivity index (χ0n) is 10.7. The molecule has 6 nitrogen and oxygen atoms in total. The molecule has 4 N–H and O–H groups in total. The molecule has 2 rings (SSSR count). The van der Waals surface area contributed by atoms with E-state index in [2.05, 4.69) is 5.32 Å². The molecule has 0 radical (unpaired) electrons. The molecule has 0 aromatic heterocycles. The van der Waals surface area contributed by atoms with E-state index in [1.165, 1.54) is 0 Å². The minimum Gasteiger partial charge on any atom is -0.480 e. The number of halogens is 1. The highest BCUT2D eigenvalue weighted by Gasteiger charge is 2.57. The molecule has 0 heterocycles. The maximum Gasteiger partial charge on any atom is 0.407 e. The molecule has 0 spiro atoms. The van der Waals surface area contributed by atoms with E-state index >= 15 is 0 Å². The Bertz CT molecular complexity index is 483. The molecular weight excluding hydrogens is 284 g/mol. The van der Waals surface area contributed by atoms with Gasteiger partial charge in [-0.25, -0.2) is 4.79 Å². The number of alkyl carbamates (subject to hydrolysis) is 1. The van der Waals surface area contributed by atoms with E-state index in [-0.39, 0.29) is 31.5 Å². The molecule has 1 amide bonds. The minimum atomic E-state index is -1.19. The summed E-state index contributed by atoms with van der Waals surface area (Å²) in [5, 5.41) is 11.4. The van der Waals surface area contributed by atoms with Crippen LogP contribution in [0, 0.1) is 5.92 Å². The van der Waals surface area contributed by atoms with Gasteiger partial charge in [-0.15, -0.1) is 12.4 Å². The highest BCUT2D eigenvalue weighted by atomic mass is 35.5. The van der Waals surface area contributed by atoms with E-state index in [0.717, 1.165) is 5.56 Å². The summed E-state index contributed by atoms with van der Waals surface area (Å²) in [6.07, 6.45) is -0.190. The topological polar surface area (TPSA) is 102 Å². The Labute approximate surface area is 122 Å². The standard InChI is InChI=1S/C13H16N2O4.ClH/c14-13(11(16)17)6-10(13)7-15-12(18)19-8-9-4-2-1-3-5-9;/h1-5,10H,6-8,14H2,(H,15,18)(H,16,17);1H/t10?,13-;/m0./s1. The summed E-state index contributed by atoms with van der Waals surface area (Å²) in [5.74, 6) is -1.26. The monoisotopic (exact) mass is 300 g/mol. The number of carbonyl (C=O) groups is 2. The van der Waals surface area contributed by atoms with Gasteiger partial charge in [0.25, 0.3) is 0 Å². The molecule has 1 aliphatic carbocycles. The fourth-order valence-electron chi connectivity index (χ4n) is 1.85. The third-order valence-electron chi connectivity index (χ3n) is 3.26. The summed E-state index contributed by atoms with van der Waals surface area (Å²) >= 11 is 0. The lowest BCUT2D eigenvalue weighted by molar-refractivity contribution is -0.140. The average molecular weight is 301 g/mol. The molecule has 2 atom stereocenters. The van der Waals surface area contributed by atoms with Crippen LogP contribution in [0.4, 0.5) is 4.79 Å². The van der Waals surface area contributed by atoms with Crippen molar-refractivity contribution in [3.63, 3.8) is 0 Å². The van der Waals surface area contributed by atoms with Crippen LogP contribution in [-0.2, 0) is 16.1 Å². The fraction of sp³-hybridized carbons (Fsp3) is 0.385. The molecular formula is C13H17ClN2O4. The third kappa shape index (κ3) is 3.85. The van der Waals surface area contributed by atoms with Crippen LogP contribution in [0.15, 0.2) is 30.3 Å². The largest absolute Gasteiger partial charge is 0.480 e. The maximum absolute atomic E-state index is 11.4. The van der Waals surface area contributed by atoms with E-state index in [1.807, 2.05) is 30.3 Å². The Morgan fingerprint density at radius 2 is 2.05 bits per heavy atom. The molecule has 1 unspecified atom stereocenters. The minimum absolute atomic E-state index is 0. The van der Waals surface area contributed by atoms with Crippen LogP contribution < -0.4 is 11.1 Å². The summed E-state index contributed by atoms with van der Waals surface area (Å²) in [6.45, 7) is 0.403. The second-order valence-electron chi connectivity index (χ2n) is 4.69. The maximum atomic E-state index is 11.4. The van der Waals surface area contributed by atoms with Crippen LogP contribution >= 0.6 is 12.4 Å². The van der Waals surface area contributed by atoms with Crippen LogP contribution in [0.1, 0.15) is 12.0 Å². The van der Waals surface area contributed by atoms with Gasteiger partial charge in [0.1, 0.15) is 12.1 Å². The molecule has 1 aromatic rings. The Morgan fingerprint density at radius 1 is 1.40 bits per heavy atom. The van der Waals surface area contributed by atoms with Gasteiger partial charge in [0.05, 0.1) is 0 Å². The molecule has 7 heteroatoms. The number of carbonyl (C=O) groups excluding carboxylic acids is 1. The van der Waals surface area contributed by atoms with Crippen LogP contribution in [0.5, 0.6) is 0 Å². The Kier molecular flexibility index (Phi) is 5.35.